The highest BCUT2D eigenvalue weighted by molar-refractivity contribution is 5.98. The van der Waals surface area contributed by atoms with E-state index in [-0.39, 0.29) is 18.2 Å². The van der Waals surface area contributed by atoms with Crippen molar-refractivity contribution in [2.75, 3.05) is 11.9 Å². The van der Waals surface area contributed by atoms with Gasteiger partial charge in [0.25, 0.3) is 0 Å². The van der Waals surface area contributed by atoms with Crippen LogP contribution in [0.5, 0.6) is 0 Å². The average molecular weight is 351 g/mol. The predicted molar refractivity (Wildman–Crippen MR) is 92.2 cm³/mol. The Morgan fingerprint density at radius 2 is 2.15 bits per heavy atom. The Hall–Kier alpha value is -3.42. The Bertz CT molecular complexity index is 905. The number of furan rings is 1. The highest BCUT2D eigenvalue weighted by Crippen LogP contribution is 2.24. The van der Waals surface area contributed by atoms with Gasteiger partial charge in [0.1, 0.15) is 18.4 Å². The predicted octanol–water partition coefficient (Wildman–Crippen LogP) is 1.85. The van der Waals surface area contributed by atoms with Crippen LogP contribution in [0, 0.1) is 5.92 Å². The first-order valence-corrected chi connectivity index (χ1v) is 8.26. The summed E-state index contributed by atoms with van der Waals surface area (Å²) in [5.74, 6) is 0.0659. The number of rotatable bonds is 5. The molecule has 1 atom stereocenters. The molecule has 0 bridgehead atoms. The van der Waals surface area contributed by atoms with Gasteiger partial charge in [-0.1, -0.05) is 12.1 Å². The number of carbonyl (C=O) groups excluding carboxylic acids is 2. The van der Waals surface area contributed by atoms with Crippen LogP contribution in [-0.4, -0.2) is 38.0 Å². The first-order chi connectivity index (χ1) is 12.7. The van der Waals surface area contributed by atoms with Crippen LogP contribution in [0.25, 0.3) is 5.69 Å². The topological polar surface area (TPSA) is 93.3 Å². The van der Waals surface area contributed by atoms with Crippen molar-refractivity contribution in [1.82, 2.24) is 19.7 Å². The Morgan fingerprint density at radius 3 is 2.92 bits per heavy atom. The maximum atomic E-state index is 12.7. The van der Waals surface area contributed by atoms with E-state index in [1.54, 1.807) is 34.3 Å². The molecule has 4 rings (SSSR count). The van der Waals surface area contributed by atoms with E-state index in [0.29, 0.717) is 24.5 Å². The zero-order valence-corrected chi connectivity index (χ0v) is 13.9. The minimum atomic E-state index is -0.402. The molecule has 3 aromatic rings. The van der Waals surface area contributed by atoms with Gasteiger partial charge in [0.05, 0.1) is 30.1 Å². The van der Waals surface area contributed by atoms with Crippen LogP contribution in [0.15, 0.2) is 59.7 Å². The van der Waals surface area contributed by atoms with Crippen molar-refractivity contribution in [3.05, 3.63) is 61.1 Å². The largest absolute Gasteiger partial charge is 0.467 e. The second-order valence-corrected chi connectivity index (χ2v) is 6.10. The molecule has 1 aromatic carbocycles. The molecule has 0 aliphatic carbocycles. The third-order valence-corrected chi connectivity index (χ3v) is 4.34. The summed E-state index contributed by atoms with van der Waals surface area (Å²) in [5.41, 5.74) is 1.34. The second-order valence-electron chi connectivity index (χ2n) is 6.10. The van der Waals surface area contributed by atoms with Gasteiger partial charge in [-0.2, -0.15) is 5.10 Å². The van der Waals surface area contributed by atoms with Crippen molar-refractivity contribution >= 4 is 17.5 Å². The number of para-hydroxylation sites is 2. The smallest absolute Gasteiger partial charge is 0.229 e. The monoisotopic (exact) mass is 351 g/mol. The molecular formula is C18H17N5O3. The fourth-order valence-electron chi connectivity index (χ4n) is 3.04. The molecule has 1 saturated heterocycles. The van der Waals surface area contributed by atoms with Crippen LogP contribution in [0.2, 0.25) is 0 Å². The summed E-state index contributed by atoms with van der Waals surface area (Å²) >= 11 is 0. The van der Waals surface area contributed by atoms with Gasteiger partial charge in [-0.15, -0.1) is 0 Å². The molecule has 2 amide bonds. The summed E-state index contributed by atoms with van der Waals surface area (Å²) in [6.07, 6.45) is 4.76. The van der Waals surface area contributed by atoms with Crippen LogP contribution in [0.4, 0.5) is 5.69 Å². The van der Waals surface area contributed by atoms with E-state index in [2.05, 4.69) is 15.4 Å². The number of carbonyl (C=O) groups is 2. The molecule has 0 radical (unpaired) electrons. The third kappa shape index (κ3) is 3.21. The molecule has 1 N–H and O–H groups in total. The number of benzene rings is 1. The van der Waals surface area contributed by atoms with E-state index in [4.69, 9.17) is 4.42 Å². The SMILES string of the molecule is O=C(Nc1ccccc1-n1cncn1)C1CC(=O)N(Cc2ccco2)C1. The van der Waals surface area contributed by atoms with Crippen molar-refractivity contribution in [1.29, 1.82) is 0 Å². The van der Waals surface area contributed by atoms with Gasteiger partial charge in [-0.25, -0.2) is 9.67 Å². The van der Waals surface area contributed by atoms with Crippen molar-refractivity contribution < 1.29 is 14.0 Å². The van der Waals surface area contributed by atoms with Gasteiger partial charge in [0, 0.05) is 13.0 Å². The van der Waals surface area contributed by atoms with Gasteiger partial charge in [0.2, 0.25) is 11.8 Å². The lowest BCUT2D eigenvalue weighted by molar-refractivity contribution is -0.128. The maximum Gasteiger partial charge on any atom is 0.229 e. The number of hydrogen-bond donors (Lipinski definition) is 1. The molecule has 2 aromatic heterocycles. The van der Waals surface area contributed by atoms with Crippen molar-refractivity contribution in [3.8, 4) is 5.69 Å². The maximum absolute atomic E-state index is 12.7. The van der Waals surface area contributed by atoms with Gasteiger partial charge < -0.3 is 14.6 Å². The second kappa shape index (κ2) is 6.83. The van der Waals surface area contributed by atoms with Gasteiger partial charge in [-0.3, -0.25) is 9.59 Å². The van der Waals surface area contributed by atoms with Crippen molar-refractivity contribution in [3.63, 3.8) is 0 Å². The molecule has 26 heavy (non-hydrogen) atoms. The Kier molecular flexibility index (Phi) is 4.22. The Balaban J connectivity index is 1.45. The van der Waals surface area contributed by atoms with Gasteiger partial charge in [-0.05, 0) is 24.3 Å². The normalized spacial score (nSPS) is 16.8. The van der Waals surface area contributed by atoms with Crippen LogP contribution < -0.4 is 5.32 Å². The summed E-state index contributed by atoms with van der Waals surface area (Å²) in [7, 11) is 0. The molecule has 1 aliphatic heterocycles. The molecule has 3 heterocycles. The first-order valence-electron chi connectivity index (χ1n) is 8.26. The van der Waals surface area contributed by atoms with Crippen LogP contribution in [0.3, 0.4) is 0 Å². The minimum absolute atomic E-state index is 0.0499. The van der Waals surface area contributed by atoms with Gasteiger partial charge in [0.15, 0.2) is 0 Å². The number of nitrogens with zero attached hydrogens (tertiary/aromatic N) is 4. The molecule has 8 heteroatoms. The van der Waals surface area contributed by atoms with Crippen LogP contribution >= 0.6 is 0 Å². The Morgan fingerprint density at radius 1 is 1.27 bits per heavy atom. The standard InChI is InChI=1S/C18H17N5O3/c24-17-8-13(9-22(17)10-14-4-3-7-26-14)18(25)21-15-5-1-2-6-16(15)23-12-19-11-20-23/h1-7,11-13H,8-10H2,(H,21,25). The van der Waals surface area contributed by atoms with E-state index in [9.17, 15) is 9.59 Å². The number of likely N-dealkylation sites (tertiary alicyclic amines) is 1. The summed E-state index contributed by atoms with van der Waals surface area (Å²) in [6.45, 7) is 0.752. The average Bonchev–Trinajstić information content (AvgIpc) is 3.39. The summed E-state index contributed by atoms with van der Waals surface area (Å²) in [4.78, 5) is 30.5. The zero-order valence-electron chi connectivity index (χ0n) is 13.9. The van der Waals surface area contributed by atoms with Crippen molar-refractivity contribution in [2.45, 2.75) is 13.0 Å². The highest BCUT2D eigenvalue weighted by atomic mass is 16.3. The lowest BCUT2D eigenvalue weighted by Crippen LogP contribution is -2.28. The summed E-state index contributed by atoms with van der Waals surface area (Å²) < 4.78 is 6.86. The number of aromatic nitrogens is 3. The number of anilines is 1. The lowest BCUT2D eigenvalue weighted by atomic mass is 10.1. The number of hydrogen-bond acceptors (Lipinski definition) is 5. The van der Waals surface area contributed by atoms with E-state index in [0.717, 1.165) is 5.69 Å². The van der Waals surface area contributed by atoms with E-state index in [1.165, 1.54) is 6.33 Å². The fraction of sp³-hybridized carbons (Fsp3) is 0.222. The third-order valence-electron chi connectivity index (χ3n) is 4.34. The van der Waals surface area contributed by atoms with E-state index >= 15 is 0 Å². The molecule has 132 valence electrons. The van der Waals surface area contributed by atoms with Crippen LogP contribution in [0.1, 0.15) is 12.2 Å². The van der Waals surface area contributed by atoms with Crippen molar-refractivity contribution in [2.24, 2.45) is 5.92 Å². The summed E-state index contributed by atoms with van der Waals surface area (Å²) in [5, 5.41) is 7.01. The number of nitrogens with one attached hydrogen (secondary N) is 1. The van der Waals surface area contributed by atoms with E-state index < -0.39 is 5.92 Å². The molecule has 1 aliphatic rings. The molecular weight excluding hydrogens is 334 g/mol. The van der Waals surface area contributed by atoms with E-state index in [1.807, 2.05) is 24.3 Å². The highest BCUT2D eigenvalue weighted by Gasteiger charge is 2.34. The molecule has 0 saturated carbocycles. The molecule has 0 spiro atoms. The van der Waals surface area contributed by atoms with Crippen LogP contribution in [-0.2, 0) is 16.1 Å². The van der Waals surface area contributed by atoms with Gasteiger partial charge >= 0.3 is 0 Å². The number of amides is 2. The quantitative estimate of drug-likeness (QED) is 0.757. The summed E-state index contributed by atoms with van der Waals surface area (Å²) in [6, 6.07) is 10.9. The zero-order chi connectivity index (χ0) is 17.9. The fourth-order valence-corrected chi connectivity index (χ4v) is 3.04. The minimum Gasteiger partial charge on any atom is -0.467 e. The molecule has 1 fully saturated rings. The Labute approximate surface area is 149 Å². The lowest BCUT2D eigenvalue weighted by Gasteiger charge is -2.16. The molecule has 8 nitrogen and oxygen atoms in total. The first kappa shape index (κ1) is 16.1. The molecule has 1 unspecified atom stereocenters.